The van der Waals surface area contributed by atoms with Crippen LogP contribution in [0.3, 0.4) is 0 Å². The van der Waals surface area contributed by atoms with Gasteiger partial charge in [0.1, 0.15) is 16.6 Å². The van der Waals surface area contributed by atoms with Crippen molar-refractivity contribution < 1.29 is 31.1 Å². The third-order valence-corrected chi connectivity index (χ3v) is 6.85. The number of sulfone groups is 1. The number of fused-ring (bicyclic) bond motifs is 1. The predicted molar refractivity (Wildman–Crippen MR) is 84.8 cm³/mol. The van der Waals surface area contributed by atoms with E-state index in [2.05, 4.69) is 5.32 Å². The third-order valence-electron chi connectivity index (χ3n) is 3.81. The fourth-order valence-electron chi connectivity index (χ4n) is 2.55. The van der Waals surface area contributed by atoms with E-state index in [0.717, 1.165) is 5.38 Å². The summed E-state index contributed by atoms with van der Waals surface area (Å²) in [6, 6.07) is 5.46. The molecule has 3 rings (SSSR count). The van der Waals surface area contributed by atoms with E-state index in [4.69, 9.17) is 4.74 Å². The number of carbonyl (C=O) groups is 1. The maximum atomic E-state index is 13.2. The molecule has 0 unspecified atom stereocenters. The van der Waals surface area contributed by atoms with Gasteiger partial charge in [-0.25, -0.2) is 8.42 Å². The molecule has 1 aromatic heterocycles. The summed E-state index contributed by atoms with van der Waals surface area (Å²) in [4.78, 5) is 11.0. The standard InChI is InChI=1S/C15H12F3NO4S2/c1-23-8-2-4-9(5-3-8)25(21,22)11-7-24-14-10(15(16,17)18)6-12(20)19-13(11)14/h2-5,7,10H,6H2,1H3,(H,19,20)/t10-/m0/s1. The summed E-state index contributed by atoms with van der Waals surface area (Å²) in [6.07, 6.45) is -5.38. The highest BCUT2D eigenvalue weighted by Gasteiger charge is 2.47. The highest BCUT2D eigenvalue weighted by molar-refractivity contribution is 7.91. The van der Waals surface area contributed by atoms with E-state index in [1.807, 2.05) is 0 Å². The number of ether oxygens (including phenoxy) is 1. The summed E-state index contributed by atoms with van der Waals surface area (Å²) >= 11 is 0.680. The van der Waals surface area contributed by atoms with Crippen molar-refractivity contribution in [3.8, 4) is 5.75 Å². The van der Waals surface area contributed by atoms with Crippen LogP contribution in [0.1, 0.15) is 17.2 Å². The number of nitrogens with one attached hydrogen (secondary N) is 1. The molecule has 10 heteroatoms. The molecule has 2 heterocycles. The van der Waals surface area contributed by atoms with Crippen LogP contribution in [0.15, 0.2) is 39.4 Å². The zero-order chi connectivity index (χ0) is 18.4. The molecular formula is C15H12F3NO4S2. The molecule has 1 aliphatic heterocycles. The van der Waals surface area contributed by atoms with Crippen molar-refractivity contribution in [3.05, 3.63) is 34.5 Å². The summed E-state index contributed by atoms with van der Waals surface area (Å²) in [5.41, 5.74) is -0.278. The number of thiophene rings is 1. The first-order valence-electron chi connectivity index (χ1n) is 7.01. The van der Waals surface area contributed by atoms with Gasteiger partial charge in [-0.2, -0.15) is 13.2 Å². The minimum absolute atomic E-state index is 0.0997. The van der Waals surface area contributed by atoms with E-state index in [1.54, 1.807) is 0 Å². The van der Waals surface area contributed by atoms with Crippen molar-refractivity contribution in [3.63, 3.8) is 0 Å². The Morgan fingerprint density at radius 3 is 2.44 bits per heavy atom. The van der Waals surface area contributed by atoms with E-state index in [1.165, 1.54) is 31.4 Å². The number of halogens is 3. The Balaban J connectivity index is 2.10. The van der Waals surface area contributed by atoms with Crippen LogP contribution in [0.2, 0.25) is 0 Å². The highest BCUT2D eigenvalue weighted by atomic mass is 32.2. The molecule has 0 saturated carbocycles. The van der Waals surface area contributed by atoms with Crippen LogP contribution in [0.4, 0.5) is 18.9 Å². The van der Waals surface area contributed by atoms with Gasteiger partial charge in [-0.3, -0.25) is 4.79 Å². The number of alkyl halides is 3. The summed E-state index contributed by atoms with van der Waals surface area (Å²) in [7, 11) is -2.66. The zero-order valence-corrected chi connectivity index (χ0v) is 14.4. The first-order chi connectivity index (χ1) is 11.6. The van der Waals surface area contributed by atoms with Gasteiger partial charge in [-0.05, 0) is 24.3 Å². The second-order valence-corrected chi connectivity index (χ2v) is 8.19. The molecule has 1 aliphatic rings. The fourth-order valence-corrected chi connectivity index (χ4v) is 5.45. The molecule has 134 valence electrons. The van der Waals surface area contributed by atoms with Crippen LogP contribution >= 0.6 is 11.3 Å². The van der Waals surface area contributed by atoms with Gasteiger partial charge in [-0.1, -0.05) is 0 Å². The maximum Gasteiger partial charge on any atom is 0.397 e. The Bertz CT molecular complexity index is 917. The molecule has 1 N–H and O–H groups in total. The predicted octanol–water partition coefficient (Wildman–Crippen LogP) is 3.58. The quantitative estimate of drug-likeness (QED) is 0.868. The van der Waals surface area contributed by atoms with Gasteiger partial charge in [0.2, 0.25) is 15.7 Å². The van der Waals surface area contributed by atoms with Crippen molar-refractivity contribution in [1.82, 2.24) is 0 Å². The summed E-state index contributed by atoms with van der Waals surface area (Å²) in [5, 5.41) is 3.41. The van der Waals surface area contributed by atoms with Gasteiger partial charge in [0.15, 0.2) is 0 Å². The lowest BCUT2D eigenvalue weighted by atomic mass is 9.98. The average molecular weight is 391 g/mol. The van der Waals surface area contributed by atoms with Gasteiger partial charge in [0.25, 0.3) is 0 Å². The van der Waals surface area contributed by atoms with Gasteiger partial charge >= 0.3 is 6.18 Å². The lowest BCUT2D eigenvalue weighted by Gasteiger charge is -2.25. The van der Waals surface area contributed by atoms with Gasteiger partial charge in [0.05, 0.1) is 17.7 Å². The van der Waals surface area contributed by atoms with Crippen molar-refractivity contribution in [2.45, 2.75) is 28.3 Å². The zero-order valence-electron chi connectivity index (χ0n) is 12.8. The number of hydrogen-bond donors (Lipinski definition) is 1. The van der Waals surface area contributed by atoms with Crippen molar-refractivity contribution >= 4 is 32.8 Å². The Kier molecular flexibility index (Phi) is 4.28. The number of hydrogen-bond acceptors (Lipinski definition) is 5. The molecule has 0 fully saturated rings. The van der Waals surface area contributed by atoms with Crippen LogP contribution < -0.4 is 10.1 Å². The minimum Gasteiger partial charge on any atom is -0.497 e. The number of carbonyl (C=O) groups excluding carboxylic acids is 1. The van der Waals surface area contributed by atoms with Crippen LogP contribution in [0, 0.1) is 0 Å². The highest BCUT2D eigenvalue weighted by Crippen LogP contribution is 2.49. The van der Waals surface area contributed by atoms with Gasteiger partial charge < -0.3 is 10.1 Å². The number of amides is 1. The van der Waals surface area contributed by atoms with E-state index in [0.29, 0.717) is 17.1 Å². The maximum absolute atomic E-state index is 13.2. The topological polar surface area (TPSA) is 72.5 Å². The molecule has 0 saturated heterocycles. The van der Waals surface area contributed by atoms with Crippen LogP contribution in [0.5, 0.6) is 5.75 Å². The molecule has 0 radical (unpaired) electrons. The van der Waals surface area contributed by atoms with Crippen molar-refractivity contribution in [1.29, 1.82) is 0 Å². The number of anilines is 1. The molecule has 1 amide bonds. The molecule has 5 nitrogen and oxygen atoms in total. The van der Waals surface area contributed by atoms with Gasteiger partial charge in [0, 0.05) is 16.7 Å². The van der Waals surface area contributed by atoms with Crippen LogP contribution in [-0.4, -0.2) is 27.6 Å². The molecule has 0 aliphatic carbocycles. The number of methoxy groups -OCH3 is 1. The van der Waals surface area contributed by atoms with Crippen molar-refractivity contribution in [2.24, 2.45) is 0 Å². The van der Waals surface area contributed by atoms with E-state index in [9.17, 15) is 26.4 Å². The Labute approximate surface area is 145 Å². The summed E-state index contributed by atoms with van der Waals surface area (Å²) in [6.45, 7) is 0. The van der Waals surface area contributed by atoms with E-state index >= 15 is 0 Å². The molecule has 25 heavy (non-hydrogen) atoms. The van der Waals surface area contributed by atoms with E-state index < -0.39 is 34.3 Å². The van der Waals surface area contributed by atoms with Crippen LogP contribution in [-0.2, 0) is 14.6 Å². The molecule has 2 aromatic rings. The van der Waals surface area contributed by atoms with Crippen LogP contribution in [0.25, 0.3) is 0 Å². The molecular weight excluding hydrogens is 379 g/mol. The van der Waals surface area contributed by atoms with Gasteiger partial charge in [-0.15, -0.1) is 11.3 Å². The third kappa shape index (κ3) is 3.11. The molecule has 1 atom stereocenters. The first kappa shape index (κ1) is 17.7. The van der Waals surface area contributed by atoms with E-state index in [-0.39, 0.29) is 20.4 Å². The molecule has 0 bridgehead atoms. The Morgan fingerprint density at radius 1 is 1.24 bits per heavy atom. The lowest BCUT2D eigenvalue weighted by molar-refractivity contribution is -0.156. The minimum atomic E-state index is -4.63. The molecule has 1 aromatic carbocycles. The number of rotatable bonds is 3. The fraction of sp³-hybridized carbons (Fsp3) is 0.267. The second kappa shape index (κ2) is 6.03. The smallest absolute Gasteiger partial charge is 0.397 e. The monoisotopic (exact) mass is 391 g/mol. The second-order valence-electron chi connectivity index (χ2n) is 5.36. The summed E-state index contributed by atoms with van der Waals surface area (Å²) in [5.74, 6) is -2.42. The number of benzene rings is 1. The SMILES string of the molecule is COc1ccc(S(=O)(=O)c2csc3c2NC(=O)C[C@@H]3C(F)(F)F)cc1. The lowest BCUT2D eigenvalue weighted by Crippen LogP contribution is -2.31. The first-order valence-corrected chi connectivity index (χ1v) is 9.38. The Morgan fingerprint density at radius 2 is 1.88 bits per heavy atom. The van der Waals surface area contributed by atoms with Crippen molar-refractivity contribution in [2.75, 3.05) is 12.4 Å². The molecule has 0 spiro atoms. The Hall–Kier alpha value is -2.07. The average Bonchev–Trinajstić information content (AvgIpc) is 2.97. The summed E-state index contributed by atoms with van der Waals surface area (Å²) < 4.78 is 70.0. The normalized spacial score (nSPS) is 17.8. The largest absolute Gasteiger partial charge is 0.497 e.